The van der Waals surface area contributed by atoms with Crippen LogP contribution in [0.2, 0.25) is 0 Å². The zero-order chi connectivity index (χ0) is 62.0. The van der Waals surface area contributed by atoms with E-state index in [1.54, 1.807) is 4.90 Å². The molecule has 12 nitrogen and oxygen atoms in total. The Labute approximate surface area is 527 Å². The molecule has 2 aliphatic carbocycles. The van der Waals surface area contributed by atoms with Crippen LogP contribution in [0, 0.1) is 0 Å². The average molecular weight is 1200 g/mol. The number of hydrogen-bond acceptors (Lipinski definition) is 10. The van der Waals surface area contributed by atoms with Crippen molar-refractivity contribution in [1.82, 2.24) is 4.90 Å². The lowest BCUT2D eigenvalue weighted by Crippen LogP contribution is -2.47. The summed E-state index contributed by atoms with van der Waals surface area (Å²) in [6.07, 6.45) is 9.98. The number of carbonyl (C=O) groups excluding carboxylic acids is 4. The van der Waals surface area contributed by atoms with Gasteiger partial charge in [-0.3, -0.25) is 24.1 Å². The third kappa shape index (κ3) is 9.59. The number of para-hydroxylation sites is 3. The average Bonchev–Trinajstić information content (AvgIpc) is 0.779. The van der Waals surface area contributed by atoms with Gasteiger partial charge in [-0.25, -0.2) is 4.90 Å². The zero-order valence-corrected chi connectivity index (χ0v) is 53.3. The maximum atomic E-state index is 16.4. The molecule has 4 aliphatic heterocycles. The van der Waals surface area contributed by atoms with Crippen LogP contribution in [0.15, 0.2) is 103 Å². The molecule has 2 saturated heterocycles. The van der Waals surface area contributed by atoms with Crippen molar-refractivity contribution in [1.29, 1.82) is 0 Å². The lowest BCUT2D eigenvalue weighted by Gasteiger charge is -2.37. The number of fused-ring (bicyclic) bond motifs is 10. The molecule has 4 amide bonds. The van der Waals surface area contributed by atoms with Crippen molar-refractivity contribution >= 4 is 83.8 Å². The maximum Gasteiger partial charge on any atom is 0.266 e. The Hall–Kier alpha value is -8.64. The summed E-state index contributed by atoms with van der Waals surface area (Å²) >= 11 is 0. The molecule has 9 aromatic rings. The van der Waals surface area contributed by atoms with Gasteiger partial charge in [-0.2, -0.15) is 0 Å². The second kappa shape index (κ2) is 22.7. The molecular weight excluding hydrogens is 1120 g/mol. The Morgan fingerprint density at radius 3 is 1.10 bits per heavy atom. The highest BCUT2D eigenvalue weighted by atomic mass is 16.5. The van der Waals surface area contributed by atoms with E-state index >= 15 is 14.4 Å². The van der Waals surface area contributed by atoms with Crippen LogP contribution in [-0.4, -0.2) is 85.2 Å². The number of rotatable bonds is 12. The van der Waals surface area contributed by atoms with Crippen LogP contribution >= 0.6 is 0 Å². The van der Waals surface area contributed by atoms with E-state index in [2.05, 4.69) is 130 Å². The quantitative estimate of drug-likeness (QED) is 0.0665. The van der Waals surface area contributed by atoms with Crippen molar-refractivity contribution in [3.05, 3.63) is 170 Å². The number of amides is 4. The van der Waals surface area contributed by atoms with Crippen LogP contribution in [0.1, 0.15) is 199 Å². The third-order valence-corrected chi connectivity index (χ3v) is 19.6. The lowest BCUT2D eigenvalue weighted by atomic mass is 9.80. The van der Waals surface area contributed by atoms with E-state index in [9.17, 15) is 4.79 Å². The molecule has 0 atom stereocenters. The molecule has 0 N–H and O–H groups in total. The summed E-state index contributed by atoms with van der Waals surface area (Å²) < 4.78 is 27.6. The van der Waals surface area contributed by atoms with Gasteiger partial charge in [0.25, 0.3) is 23.6 Å². The molecule has 6 aliphatic rings. The first-order chi connectivity index (χ1) is 43.6. The standard InChI is InChI=1S/C78H80N4O8/c1-43(2)87-71-47-19-16-20-48(71)36-50-22-18-24-52(73(50)89-45(5)6)38-54-40-56(39-53(74(54)90-46(7)8)37-51-23-17-21-49(35-47)72(51)88-44(3)4)82-76(84)60-30-28-58-67-63(79-31-12-13-32-79)41-61-65-59(75(83)81(77(61)85)55-25-10-9-11-26-55)29-27-57(69(65)67)68-64(80-33-14-15-34-80)42-62(78(82)86)66(60)70(58)68/h16-24,27-30,39-46,55H,9-15,25-26,31-38H2,1-8H3. The maximum absolute atomic E-state index is 16.4. The van der Waals surface area contributed by atoms with Gasteiger partial charge in [-0.05, 0) is 174 Å². The van der Waals surface area contributed by atoms with E-state index < -0.39 is 11.8 Å². The molecule has 1 saturated carbocycles. The first kappa shape index (κ1) is 57.8. The fraction of sp³-hybridized carbons (Fsp3) is 0.385. The van der Waals surface area contributed by atoms with Crippen molar-refractivity contribution < 1.29 is 38.1 Å². The molecule has 0 aromatic heterocycles. The van der Waals surface area contributed by atoms with Gasteiger partial charge in [-0.1, -0.05) is 86.0 Å². The number of imide groups is 2. The lowest BCUT2D eigenvalue weighted by molar-refractivity contribution is 0.0502. The van der Waals surface area contributed by atoms with Gasteiger partial charge in [0.05, 0.1) is 41.2 Å². The second-order valence-corrected chi connectivity index (χ2v) is 27.2. The molecule has 9 aromatic carbocycles. The largest absolute Gasteiger partial charge is 0.490 e. The summed E-state index contributed by atoms with van der Waals surface area (Å²) in [4.78, 5) is 70.6. The smallest absolute Gasteiger partial charge is 0.266 e. The Morgan fingerprint density at radius 1 is 0.356 bits per heavy atom. The summed E-state index contributed by atoms with van der Waals surface area (Å²) in [5.74, 6) is 1.87. The molecule has 90 heavy (non-hydrogen) atoms. The summed E-state index contributed by atoms with van der Waals surface area (Å²) in [5.41, 5.74) is 12.0. The fourth-order valence-corrected chi connectivity index (χ4v) is 16.0. The molecular formula is C78H80N4O8. The molecule has 0 spiro atoms. The van der Waals surface area contributed by atoms with Gasteiger partial charge < -0.3 is 28.7 Å². The molecule has 460 valence electrons. The summed E-state index contributed by atoms with van der Waals surface area (Å²) in [7, 11) is 0. The van der Waals surface area contributed by atoms with Crippen LogP contribution in [0.25, 0.3) is 43.1 Å². The van der Waals surface area contributed by atoms with Gasteiger partial charge in [0.2, 0.25) is 0 Å². The van der Waals surface area contributed by atoms with E-state index in [0.29, 0.717) is 70.1 Å². The summed E-state index contributed by atoms with van der Waals surface area (Å²) in [6.45, 7) is 19.7. The topological polar surface area (TPSA) is 118 Å². The highest BCUT2D eigenvalue weighted by Gasteiger charge is 2.43. The molecule has 0 unspecified atom stereocenters. The number of hydrogen-bond donors (Lipinski definition) is 0. The van der Waals surface area contributed by atoms with E-state index in [0.717, 1.165) is 189 Å². The van der Waals surface area contributed by atoms with Crippen LogP contribution in [-0.2, 0) is 25.7 Å². The van der Waals surface area contributed by atoms with Crippen molar-refractivity contribution in [2.75, 3.05) is 40.9 Å². The Kier molecular flexibility index (Phi) is 14.6. The summed E-state index contributed by atoms with van der Waals surface area (Å²) in [5, 5.41) is 6.84. The van der Waals surface area contributed by atoms with Gasteiger partial charge >= 0.3 is 0 Å². The van der Waals surface area contributed by atoms with Crippen molar-refractivity contribution in [2.24, 2.45) is 0 Å². The Balaban J connectivity index is 0.957. The second-order valence-electron chi connectivity index (χ2n) is 27.2. The minimum Gasteiger partial charge on any atom is -0.490 e. The van der Waals surface area contributed by atoms with Gasteiger partial charge in [0, 0.05) is 124 Å². The number of carbonyl (C=O) groups is 4. The highest BCUT2D eigenvalue weighted by Crippen LogP contribution is 2.54. The van der Waals surface area contributed by atoms with Gasteiger partial charge in [0.15, 0.2) is 0 Å². The Bertz CT molecular complexity index is 4340. The van der Waals surface area contributed by atoms with E-state index in [1.807, 2.05) is 38.1 Å². The van der Waals surface area contributed by atoms with Crippen molar-refractivity contribution in [3.63, 3.8) is 0 Å². The van der Waals surface area contributed by atoms with Crippen LogP contribution in [0.4, 0.5) is 17.1 Å². The van der Waals surface area contributed by atoms with Crippen molar-refractivity contribution in [2.45, 2.75) is 169 Å². The molecule has 0 radical (unpaired) electrons. The molecule has 12 heteroatoms. The first-order valence-corrected chi connectivity index (χ1v) is 33.3. The molecule has 15 rings (SSSR count). The first-order valence-electron chi connectivity index (χ1n) is 33.3. The van der Waals surface area contributed by atoms with E-state index in [-0.39, 0.29) is 42.3 Å². The minimum absolute atomic E-state index is 0.0698. The highest BCUT2D eigenvalue weighted by molar-refractivity contribution is 6.46. The number of benzene rings is 9. The third-order valence-electron chi connectivity index (χ3n) is 19.6. The monoisotopic (exact) mass is 1200 g/mol. The molecule has 3 fully saturated rings. The van der Waals surface area contributed by atoms with Crippen molar-refractivity contribution in [3.8, 4) is 23.0 Å². The normalized spacial score (nSPS) is 17.2. The molecule has 8 bridgehead atoms. The van der Waals surface area contributed by atoms with E-state index in [4.69, 9.17) is 18.9 Å². The van der Waals surface area contributed by atoms with Crippen LogP contribution < -0.4 is 33.6 Å². The van der Waals surface area contributed by atoms with Crippen LogP contribution in [0.3, 0.4) is 0 Å². The predicted octanol–water partition coefficient (Wildman–Crippen LogP) is 16.5. The minimum atomic E-state index is -0.414. The number of nitrogens with zero attached hydrogens (tertiary/aromatic N) is 4. The van der Waals surface area contributed by atoms with Gasteiger partial charge in [-0.15, -0.1) is 0 Å². The zero-order valence-electron chi connectivity index (χ0n) is 53.3. The SMILES string of the molecule is CC(C)Oc1c2cccc1Cc1cccc(c1OC(C)C)Cc1cc(N3C(=O)c4ccc5c6c(N7CCCC7)cc7c8c(ccc(c9c(N%10CCCC%10)cc(c4c59)C3=O)c86)C(=O)N(C3CCCCC3)C7=O)cc(c1OC(C)C)Cc1cccc(c1OC(C)C)C2. The number of anilines is 3. The van der Waals surface area contributed by atoms with E-state index in [1.165, 1.54) is 4.90 Å². The summed E-state index contributed by atoms with van der Waals surface area (Å²) in [6, 6.07) is 35.2. The van der Waals surface area contributed by atoms with Gasteiger partial charge in [0.1, 0.15) is 23.0 Å². The molecule has 4 heterocycles. The Morgan fingerprint density at radius 2 is 0.700 bits per heavy atom. The predicted molar refractivity (Wildman–Crippen MR) is 359 cm³/mol. The van der Waals surface area contributed by atoms with Crippen LogP contribution in [0.5, 0.6) is 23.0 Å². The number of ether oxygens (including phenoxy) is 4. The fourth-order valence-electron chi connectivity index (χ4n) is 16.0.